The van der Waals surface area contributed by atoms with Crippen molar-refractivity contribution in [2.45, 2.75) is 39.2 Å². The summed E-state index contributed by atoms with van der Waals surface area (Å²) >= 11 is 0. The third-order valence-electron chi connectivity index (χ3n) is 5.53. The van der Waals surface area contributed by atoms with Gasteiger partial charge in [-0.15, -0.1) is 0 Å². The molecule has 1 atom stereocenters. The van der Waals surface area contributed by atoms with Crippen LogP contribution in [0.3, 0.4) is 0 Å². The minimum absolute atomic E-state index is 0.0657. The Morgan fingerprint density at radius 3 is 2.60 bits per heavy atom. The lowest BCUT2D eigenvalue weighted by molar-refractivity contribution is -0.122. The Labute approximate surface area is 174 Å². The molecule has 0 aliphatic carbocycles. The summed E-state index contributed by atoms with van der Waals surface area (Å²) in [6, 6.07) is 11.3. The summed E-state index contributed by atoms with van der Waals surface area (Å²) in [6.45, 7) is 3.98. The first-order valence-electron chi connectivity index (χ1n) is 10.1. The van der Waals surface area contributed by atoms with E-state index >= 15 is 0 Å². The van der Waals surface area contributed by atoms with Crippen LogP contribution >= 0.6 is 0 Å². The lowest BCUT2D eigenvalue weighted by Crippen LogP contribution is -2.52. The van der Waals surface area contributed by atoms with Crippen LogP contribution in [0.1, 0.15) is 53.8 Å². The third kappa shape index (κ3) is 3.36. The lowest BCUT2D eigenvalue weighted by atomic mass is 10.0. The Morgan fingerprint density at radius 1 is 1.07 bits per heavy atom. The van der Waals surface area contributed by atoms with Crippen molar-refractivity contribution in [2.24, 2.45) is 0 Å². The Hall–Kier alpha value is -3.48. The Kier molecular flexibility index (Phi) is 5.11. The standard InChI is InChI=1S/C23H23N3O4/c1-3-11-25-20-13-16(22(29)24-17-6-4-5-15(12-17)14(2)27)7-8-18(20)26-19(23(25)30)9-10-21(26)28/h4-8,12-13,19H,3,9-11H2,1-2H3,(H,24,29). The fraction of sp³-hybridized carbons (Fsp3) is 0.304. The van der Waals surface area contributed by atoms with E-state index in [4.69, 9.17) is 0 Å². The summed E-state index contributed by atoms with van der Waals surface area (Å²) in [5.41, 5.74) is 2.66. The highest BCUT2D eigenvalue weighted by molar-refractivity contribution is 6.16. The molecule has 1 N–H and O–H groups in total. The van der Waals surface area contributed by atoms with E-state index in [0.29, 0.717) is 47.6 Å². The minimum Gasteiger partial charge on any atom is -0.322 e. The fourth-order valence-corrected chi connectivity index (χ4v) is 4.08. The second kappa shape index (κ2) is 7.74. The van der Waals surface area contributed by atoms with Crippen molar-refractivity contribution in [3.05, 3.63) is 53.6 Å². The first kappa shape index (κ1) is 19.8. The largest absolute Gasteiger partial charge is 0.322 e. The molecule has 0 radical (unpaired) electrons. The van der Waals surface area contributed by atoms with Gasteiger partial charge in [0.25, 0.3) is 5.91 Å². The molecule has 7 heteroatoms. The molecule has 2 aromatic carbocycles. The summed E-state index contributed by atoms with van der Waals surface area (Å²) in [7, 11) is 0. The van der Waals surface area contributed by atoms with E-state index in [-0.39, 0.29) is 23.5 Å². The smallest absolute Gasteiger partial charge is 0.255 e. The van der Waals surface area contributed by atoms with E-state index in [9.17, 15) is 19.2 Å². The molecule has 1 unspecified atom stereocenters. The number of Topliss-reactive ketones (excluding diaryl/α,β-unsaturated/α-hetero) is 1. The number of benzene rings is 2. The van der Waals surface area contributed by atoms with Crippen molar-refractivity contribution in [1.82, 2.24) is 0 Å². The molecule has 0 aromatic heterocycles. The number of hydrogen-bond acceptors (Lipinski definition) is 4. The molecule has 4 rings (SSSR count). The number of amides is 3. The van der Waals surface area contributed by atoms with Crippen LogP contribution in [-0.4, -0.2) is 36.1 Å². The van der Waals surface area contributed by atoms with Gasteiger partial charge in [-0.2, -0.15) is 0 Å². The van der Waals surface area contributed by atoms with E-state index in [1.165, 1.54) is 6.92 Å². The predicted molar refractivity (Wildman–Crippen MR) is 114 cm³/mol. The molecule has 154 valence electrons. The van der Waals surface area contributed by atoms with Crippen LogP contribution < -0.4 is 15.1 Å². The topological polar surface area (TPSA) is 86.8 Å². The number of fused-ring (bicyclic) bond motifs is 3. The zero-order chi connectivity index (χ0) is 21.4. The third-order valence-corrected chi connectivity index (χ3v) is 5.53. The zero-order valence-electron chi connectivity index (χ0n) is 17.0. The van der Waals surface area contributed by atoms with Gasteiger partial charge in [-0.1, -0.05) is 19.1 Å². The Balaban J connectivity index is 1.67. The second-order valence-corrected chi connectivity index (χ2v) is 7.60. The monoisotopic (exact) mass is 405 g/mol. The van der Waals surface area contributed by atoms with Gasteiger partial charge < -0.3 is 10.2 Å². The molecule has 7 nitrogen and oxygen atoms in total. The molecule has 1 fully saturated rings. The molecule has 2 aliphatic heterocycles. The first-order valence-corrected chi connectivity index (χ1v) is 10.1. The summed E-state index contributed by atoms with van der Waals surface area (Å²) in [5.74, 6) is -0.596. The van der Waals surface area contributed by atoms with Gasteiger partial charge >= 0.3 is 0 Å². The Morgan fingerprint density at radius 2 is 1.87 bits per heavy atom. The zero-order valence-corrected chi connectivity index (χ0v) is 17.0. The van der Waals surface area contributed by atoms with Gasteiger partial charge in [-0.05, 0) is 50.1 Å². The molecule has 1 saturated heterocycles. The van der Waals surface area contributed by atoms with Crippen LogP contribution in [0.25, 0.3) is 0 Å². The van der Waals surface area contributed by atoms with E-state index in [1.807, 2.05) is 6.92 Å². The van der Waals surface area contributed by atoms with Crippen molar-refractivity contribution in [1.29, 1.82) is 0 Å². The van der Waals surface area contributed by atoms with E-state index in [0.717, 1.165) is 6.42 Å². The normalized spacial score (nSPS) is 17.6. The summed E-state index contributed by atoms with van der Waals surface area (Å²) in [4.78, 5) is 53.0. The van der Waals surface area contributed by atoms with Gasteiger partial charge in [0, 0.05) is 29.8 Å². The summed E-state index contributed by atoms with van der Waals surface area (Å²) < 4.78 is 0. The molecule has 2 aromatic rings. The van der Waals surface area contributed by atoms with Crippen molar-refractivity contribution in [3.8, 4) is 0 Å². The molecule has 2 aliphatic rings. The number of rotatable bonds is 5. The van der Waals surface area contributed by atoms with Gasteiger partial charge in [0.2, 0.25) is 11.8 Å². The molecule has 2 heterocycles. The van der Waals surface area contributed by atoms with Crippen LogP contribution in [0.4, 0.5) is 17.1 Å². The quantitative estimate of drug-likeness (QED) is 0.773. The van der Waals surface area contributed by atoms with Crippen LogP contribution in [0.15, 0.2) is 42.5 Å². The van der Waals surface area contributed by atoms with Crippen molar-refractivity contribution < 1.29 is 19.2 Å². The minimum atomic E-state index is -0.453. The predicted octanol–water partition coefficient (Wildman–Crippen LogP) is 3.39. The molecule has 30 heavy (non-hydrogen) atoms. The van der Waals surface area contributed by atoms with E-state index in [1.54, 1.807) is 52.3 Å². The molecule has 0 spiro atoms. The fourth-order valence-electron chi connectivity index (χ4n) is 4.08. The molecule has 0 saturated carbocycles. The maximum Gasteiger partial charge on any atom is 0.255 e. The highest BCUT2D eigenvalue weighted by Gasteiger charge is 2.44. The molecular weight excluding hydrogens is 382 g/mol. The average Bonchev–Trinajstić information content (AvgIpc) is 3.12. The van der Waals surface area contributed by atoms with Gasteiger partial charge in [0.15, 0.2) is 5.78 Å². The van der Waals surface area contributed by atoms with Gasteiger partial charge in [-0.25, -0.2) is 0 Å². The van der Waals surface area contributed by atoms with Crippen LogP contribution in [0, 0.1) is 0 Å². The lowest BCUT2D eigenvalue weighted by Gasteiger charge is -2.38. The summed E-state index contributed by atoms with van der Waals surface area (Å²) in [6.07, 6.45) is 1.64. The molecule has 0 bridgehead atoms. The average molecular weight is 405 g/mol. The number of carbonyl (C=O) groups excluding carboxylic acids is 4. The second-order valence-electron chi connectivity index (χ2n) is 7.60. The number of nitrogens with one attached hydrogen (secondary N) is 1. The molecular formula is C23H23N3O4. The number of carbonyl (C=O) groups is 4. The van der Waals surface area contributed by atoms with Gasteiger partial charge in [-0.3, -0.25) is 24.1 Å². The SMILES string of the molecule is CCCN1C(=O)C2CCC(=O)N2c2ccc(C(=O)Nc3cccc(C(C)=O)c3)cc21. The van der Waals surface area contributed by atoms with Crippen LogP contribution in [-0.2, 0) is 9.59 Å². The van der Waals surface area contributed by atoms with Crippen molar-refractivity contribution >= 4 is 40.6 Å². The highest BCUT2D eigenvalue weighted by Crippen LogP contribution is 2.41. The number of ketones is 1. The first-order chi connectivity index (χ1) is 14.4. The van der Waals surface area contributed by atoms with Crippen LogP contribution in [0.2, 0.25) is 0 Å². The number of anilines is 3. The molecule has 3 amide bonds. The van der Waals surface area contributed by atoms with Gasteiger partial charge in [0.1, 0.15) is 6.04 Å². The number of hydrogen-bond donors (Lipinski definition) is 1. The van der Waals surface area contributed by atoms with E-state index in [2.05, 4.69) is 5.32 Å². The highest BCUT2D eigenvalue weighted by atomic mass is 16.2. The maximum atomic E-state index is 13.0. The number of nitrogens with zero attached hydrogens (tertiary/aromatic N) is 2. The Bertz CT molecular complexity index is 1060. The van der Waals surface area contributed by atoms with Gasteiger partial charge in [0.05, 0.1) is 11.4 Å². The summed E-state index contributed by atoms with van der Waals surface area (Å²) in [5, 5.41) is 2.80. The van der Waals surface area contributed by atoms with E-state index < -0.39 is 6.04 Å². The van der Waals surface area contributed by atoms with Crippen LogP contribution in [0.5, 0.6) is 0 Å². The van der Waals surface area contributed by atoms with Crippen molar-refractivity contribution in [3.63, 3.8) is 0 Å². The van der Waals surface area contributed by atoms with Crippen molar-refractivity contribution in [2.75, 3.05) is 21.7 Å². The maximum absolute atomic E-state index is 13.0.